The highest BCUT2D eigenvalue weighted by Crippen LogP contribution is 2.28. The molecule has 0 aromatic carbocycles. The third-order valence-electron chi connectivity index (χ3n) is 4.96. The van der Waals surface area contributed by atoms with Gasteiger partial charge in [-0.15, -0.1) is 0 Å². The number of rotatable bonds is 6. The second kappa shape index (κ2) is 9.46. The number of carbonyl (C=O) groups is 2. The number of aromatic nitrogens is 2. The van der Waals surface area contributed by atoms with Crippen LogP contribution in [-0.2, 0) is 11.3 Å². The van der Waals surface area contributed by atoms with E-state index in [0.717, 1.165) is 31.2 Å². The van der Waals surface area contributed by atoms with Crippen molar-refractivity contribution in [3.05, 3.63) is 59.1 Å². The van der Waals surface area contributed by atoms with Crippen LogP contribution >= 0.6 is 11.6 Å². The van der Waals surface area contributed by atoms with Gasteiger partial charge in [0.15, 0.2) is 0 Å². The predicted molar refractivity (Wildman–Crippen MR) is 103 cm³/mol. The quantitative estimate of drug-likeness (QED) is 0.747. The van der Waals surface area contributed by atoms with E-state index in [1.54, 1.807) is 30.7 Å². The maximum absolute atomic E-state index is 12.3. The summed E-state index contributed by atoms with van der Waals surface area (Å²) in [5.41, 5.74) is 1.39. The highest BCUT2D eigenvalue weighted by Gasteiger charge is 2.26. The lowest BCUT2D eigenvalue weighted by Crippen LogP contribution is -2.36. The largest absolute Gasteiger partial charge is 0.352 e. The minimum Gasteiger partial charge on any atom is -0.352 e. The predicted octanol–water partition coefficient (Wildman–Crippen LogP) is 2.98. The van der Waals surface area contributed by atoms with Crippen molar-refractivity contribution in [1.82, 2.24) is 20.6 Å². The third kappa shape index (κ3) is 5.50. The molecule has 1 fully saturated rings. The molecule has 142 valence electrons. The molecule has 1 aliphatic carbocycles. The minimum absolute atomic E-state index is 0.0430. The van der Waals surface area contributed by atoms with Crippen molar-refractivity contribution in [1.29, 1.82) is 0 Å². The van der Waals surface area contributed by atoms with E-state index >= 15 is 0 Å². The second-order valence-electron chi connectivity index (χ2n) is 6.85. The fraction of sp³-hybridized carbons (Fsp3) is 0.400. The van der Waals surface area contributed by atoms with Crippen LogP contribution in [0.1, 0.15) is 41.6 Å². The average molecular weight is 387 g/mol. The highest BCUT2D eigenvalue weighted by molar-refractivity contribution is 6.32. The number of carbonyl (C=O) groups excluding carboxylic acids is 2. The molecule has 0 spiro atoms. The number of nitrogens with one attached hydrogen (secondary N) is 2. The van der Waals surface area contributed by atoms with E-state index < -0.39 is 0 Å². The molecule has 7 heteroatoms. The summed E-state index contributed by atoms with van der Waals surface area (Å²) in [7, 11) is 0. The number of amides is 2. The van der Waals surface area contributed by atoms with Crippen molar-refractivity contribution >= 4 is 23.4 Å². The normalized spacial score (nSPS) is 19.3. The van der Waals surface area contributed by atoms with Crippen LogP contribution < -0.4 is 10.6 Å². The van der Waals surface area contributed by atoms with Gasteiger partial charge in [-0.2, -0.15) is 0 Å². The molecular weight excluding hydrogens is 364 g/mol. The Hall–Kier alpha value is -2.47. The highest BCUT2D eigenvalue weighted by atomic mass is 35.5. The van der Waals surface area contributed by atoms with Gasteiger partial charge >= 0.3 is 0 Å². The summed E-state index contributed by atoms with van der Waals surface area (Å²) in [6.07, 6.45) is 8.56. The van der Waals surface area contributed by atoms with E-state index in [9.17, 15) is 9.59 Å². The van der Waals surface area contributed by atoms with Gasteiger partial charge in [0.1, 0.15) is 5.15 Å². The first kappa shape index (κ1) is 19.3. The number of nitrogens with zero attached hydrogens (tertiary/aromatic N) is 2. The minimum atomic E-state index is -0.204. The fourth-order valence-corrected chi connectivity index (χ4v) is 3.56. The molecule has 0 saturated heterocycles. The molecule has 0 radical (unpaired) electrons. The lowest BCUT2D eigenvalue weighted by molar-refractivity contribution is -0.126. The molecule has 2 heterocycles. The molecule has 2 amide bonds. The maximum atomic E-state index is 12.3. The van der Waals surface area contributed by atoms with Crippen molar-refractivity contribution in [2.75, 3.05) is 6.54 Å². The van der Waals surface area contributed by atoms with Gasteiger partial charge in [0.2, 0.25) is 5.91 Å². The lowest BCUT2D eigenvalue weighted by Gasteiger charge is -2.28. The van der Waals surface area contributed by atoms with Crippen molar-refractivity contribution in [3.63, 3.8) is 0 Å². The molecule has 6 nitrogen and oxygen atoms in total. The van der Waals surface area contributed by atoms with Crippen LogP contribution in [0.15, 0.2) is 42.9 Å². The molecule has 0 aliphatic heterocycles. The van der Waals surface area contributed by atoms with Crippen LogP contribution in [-0.4, -0.2) is 28.3 Å². The summed E-state index contributed by atoms with van der Waals surface area (Å²) in [5.74, 6) is 0.320. The molecule has 2 aromatic heterocycles. The first-order chi connectivity index (χ1) is 13.1. The van der Waals surface area contributed by atoms with Crippen molar-refractivity contribution < 1.29 is 9.59 Å². The molecule has 1 aliphatic rings. The van der Waals surface area contributed by atoms with Gasteiger partial charge < -0.3 is 10.6 Å². The Labute approximate surface area is 163 Å². The van der Waals surface area contributed by atoms with E-state index in [1.165, 1.54) is 0 Å². The van der Waals surface area contributed by atoms with Crippen LogP contribution in [0.3, 0.4) is 0 Å². The molecule has 2 aromatic rings. The van der Waals surface area contributed by atoms with Crippen LogP contribution in [0.25, 0.3) is 0 Å². The van der Waals surface area contributed by atoms with Gasteiger partial charge in [-0.25, -0.2) is 4.98 Å². The van der Waals surface area contributed by atoms with Gasteiger partial charge in [0.05, 0.1) is 5.56 Å². The average Bonchev–Trinajstić information content (AvgIpc) is 2.72. The van der Waals surface area contributed by atoms with Crippen molar-refractivity contribution in [3.8, 4) is 0 Å². The zero-order valence-electron chi connectivity index (χ0n) is 15.0. The zero-order chi connectivity index (χ0) is 19.1. The lowest BCUT2D eigenvalue weighted by atomic mass is 9.81. The molecule has 2 N–H and O–H groups in total. The van der Waals surface area contributed by atoms with Gasteiger partial charge in [0, 0.05) is 37.6 Å². The zero-order valence-corrected chi connectivity index (χ0v) is 15.8. The molecular formula is C20H23ClN4O2. The number of hydrogen-bond donors (Lipinski definition) is 2. The standard InChI is InChI=1S/C20H23ClN4O2/c21-18-17(4-2-10-23-18)20(27)25-12-14-5-7-16(8-6-14)19(26)24-13-15-3-1-9-22-11-15/h1-4,9-11,14,16H,5-8,12-13H2,(H,24,26)(H,25,27). The van der Waals surface area contributed by atoms with Crippen molar-refractivity contribution in [2.24, 2.45) is 11.8 Å². The Morgan fingerprint density at radius 1 is 1.07 bits per heavy atom. The smallest absolute Gasteiger partial charge is 0.254 e. The third-order valence-corrected chi connectivity index (χ3v) is 5.26. The Balaban J connectivity index is 1.39. The molecule has 1 saturated carbocycles. The maximum Gasteiger partial charge on any atom is 0.254 e. The van der Waals surface area contributed by atoms with E-state index in [-0.39, 0.29) is 22.9 Å². The Bertz CT molecular complexity index is 777. The summed E-state index contributed by atoms with van der Waals surface area (Å²) >= 11 is 5.95. The summed E-state index contributed by atoms with van der Waals surface area (Å²) in [5, 5.41) is 6.13. The van der Waals surface area contributed by atoms with E-state index in [2.05, 4.69) is 20.6 Å². The number of hydrogen-bond acceptors (Lipinski definition) is 4. The van der Waals surface area contributed by atoms with Gasteiger partial charge in [-0.3, -0.25) is 14.6 Å². The monoisotopic (exact) mass is 386 g/mol. The first-order valence-electron chi connectivity index (χ1n) is 9.19. The second-order valence-corrected chi connectivity index (χ2v) is 7.21. The molecule has 27 heavy (non-hydrogen) atoms. The van der Waals surface area contributed by atoms with Crippen LogP contribution in [0, 0.1) is 11.8 Å². The summed E-state index contributed by atoms with van der Waals surface area (Å²) < 4.78 is 0. The molecule has 0 bridgehead atoms. The van der Waals surface area contributed by atoms with Crippen LogP contribution in [0.2, 0.25) is 5.15 Å². The summed E-state index contributed by atoms with van der Waals surface area (Å²) in [6, 6.07) is 7.16. The molecule has 0 unspecified atom stereocenters. The Morgan fingerprint density at radius 2 is 1.85 bits per heavy atom. The van der Waals surface area contributed by atoms with Gasteiger partial charge in [0.25, 0.3) is 5.91 Å². The van der Waals surface area contributed by atoms with E-state index in [4.69, 9.17) is 11.6 Å². The van der Waals surface area contributed by atoms with E-state index in [1.807, 2.05) is 12.1 Å². The van der Waals surface area contributed by atoms with Crippen molar-refractivity contribution in [2.45, 2.75) is 32.2 Å². The van der Waals surface area contributed by atoms with Crippen LogP contribution in [0.4, 0.5) is 0 Å². The summed E-state index contributed by atoms with van der Waals surface area (Å²) in [4.78, 5) is 32.5. The van der Waals surface area contributed by atoms with Gasteiger partial charge in [-0.05, 0) is 55.4 Å². The van der Waals surface area contributed by atoms with Crippen LogP contribution in [0.5, 0.6) is 0 Å². The number of halogens is 1. The Kier molecular flexibility index (Phi) is 6.76. The molecule has 0 atom stereocenters. The topological polar surface area (TPSA) is 84.0 Å². The molecule has 3 rings (SSSR count). The van der Waals surface area contributed by atoms with E-state index in [0.29, 0.717) is 24.6 Å². The number of pyridine rings is 2. The Morgan fingerprint density at radius 3 is 2.56 bits per heavy atom. The fourth-order valence-electron chi connectivity index (χ4n) is 3.35. The van der Waals surface area contributed by atoms with Gasteiger partial charge in [-0.1, -0.05) is 17.7 Å². The summed E-state index contributed by atoms with van der Waals surface area (Å²) in [6.45, 7) is 1.10. The first-order valence-corrected chi connectivity index (χ1v) is 9.56. The SMILES string of the molecule is O=C(NCC1CCC(C(=O)NCc2cccnc2)CC1)c1cccnc1Cl.